The zero-order chi connectivity index (χ0) is 11.5. The molecule has 0 radical (unpaired) electrons. The Bertz CT molecular complexity index is 468. The van der Waals surface area contributed by atoms with Crippen LogP contribution >= 0.6 is 43.2 Å². The van der Waals surface area contributed by atoms with E-state index in [0.29, 0.717) is 4.47 Å². The molecule has 0 bridgehead atoms. The molecule has 0 saturated heterocycles. The van der Waals surface area contributed by atoms with Crippen molar-refractivity contribution in [2.75, 3.05) is 0 Å². The Hall–Kier alpha value is -0.190. The van der Waals surface area contributed by atoms with E-state index in [-0.39, 0.29) is 10.6 Å². The van der Waals surface area contributed by atoms with Gasteiger partial charge in [-0.25, -0.2) is 4.39 Å². The first-order valence-electron chi connectivity index (χ1n) is 4.78. The molecule has 0 aliphatic carbocycles. The highest BCUT2D eigenvalue weighted by Crippen LogP contribution is 2.30. The van der Waals surface area contributed by atoms with Crippen molar-refractivity contribution >= 4 is 43.2 Å². The van der Waals surface area contributed by atoms with Crippen molar-refractivity contribution in [2.24, 2.45) is 0 Å². The van der Waals surface area contributed by atoms with Gasteiger partial charge < -0.3 is 0 Å². The topological polar surface area (TPSA) is 0 Å². The first-order chi connectivity index (χ1) is 7.66. The van der Waals surface area contributed by atoms with Gasteiger partial charge in [0.1, 0.15) is 5.82 Å². The predicted octanol–water partition coefficient (Wildman–Crippen LogP) is 5.33. The second-order valence-corrected chi connectivity index (χ2v) is 6.42. The van der Waals surface area contributed by atoms with Crippen LogP contribution in [0, 0.1) is 5.82 Å². The lowest BCUT2D eigenvalue weighted by Crippen LogP contribution is -1.94. The Balaban J connectivity index is 2.14. The summed E-state index contributed by atoms with van der Waals surface area (Å²) in [6.07, 6.45) is 0.888. The third-order valence-corrected chi connectivity index (χ3v) is 4.66. The van der Waals surface area contributed by atoms with Crippen LogP contribution in [0.3, 0.4) is 0 Å². The number of hydrogen-bond acceptors (Lipinski definition) is 1. The Morgan fingerprint density at radius 2 is 2.12 bits per heavy atom. The number of alkyl halides is 1. The summed E-state index contributed by atoms with van der Waals surface area (Å²) in [6.45, 7) is 0. The number of thiophene rings is 1. The molecule has 0 fully saturated rings. The van der Waals surface area contributed by atoms with Gasteiger partial charge in [-0.3, -0.25) is 0 Å². The smallest absolute Gasteiger partial charge is 0.137 e. The van der Waals surface area contributed by atoms with Crippen molar-refractivity contribution in [2.45, 2.75) is 11.2 Å². The average molecular weight is 364 g/mol. The van der Waals surface area contributed by atoms with Crippen LogP contribution in [-0.2, 0) is 6.42 Å². The van der Waals surface area contributed by atoms with Gasteiger partial charge in [0.2, 0.25) is 0 Å². The maximum atomic E-state index is 13.4. The molecule has 0 N–H and O–H groups in total. The molecule has 0 amide bonds. The van der Waals surface area contributed by atoms with Crippen molar-refractivity contribution in [1.82, 2.24) is 0 Å². The van der Waals surface area contributed by atoms with E-state index in [1.54, 1.807) is 23.5 Å². The third-order valence-electron chi connectivity index (χ3n) is 2.27. The maximum Gasteiger partial charge on any atom is 0.137 e. The minimum absolute atomic E-state index is 0.161. The monoisotopic (exact) mass is 362 g/mol. The number of halogens is 3. The van der Waals surface area contributed by atoms with E-state index in [9.17, 15) is 4.39 Å². The molecule has 1 unspecified atom stereocenters. The molecule has 1 aromatic carbocycles. The van der Waals surface area contributed by atoms with Crippen LogP contribution in [0.4, 0.5) is 4.39 Å². The van der Waals surface area contributed by atoms with Gasteiger partial charge in [0, 0.05) is 9.70 Å². The largest absolute Gasteiger partial charge is 0.206 e. The fourth-order valence-corrected chi connectivity index (χ4v) is 3.28. The molecule has 0 aliphatic rings. The molecule has 1 atom stereocenters. The van der Waals surface area contributed by atoms with E-state index < -0.39 is 0 Å². The molecule has 0 saturated carbocycles. The van der Waals surface area contributed by atoms with E-state index in [2.05, 4.69) is 43.3 Å². The van der Waals surface area contributed by atoms with Crippen LogP contribution in [0.15, 0.2) is 40.2 Å². The molecule has 0 nitrogen and oxygen atoms in total. The molecule has 1 aromatic heterocycles. The summed E-state index contributed by atoms with van der Waals surface area (Å²) in [4.78, 5) is 1.46. The molecule has 0 spiro atoms. The highest BCUT2D eigenvalue weighted by molar-refractivity contribution is 9.10. The Labute approximate surface area is 115 Å². The second-order valence-electron chi connectivity index (χ2n) is 3.42. The summed E-state index contributed by atoms with van der Waals surface area (Å²) in [5.41, 5.74) is 0.967. The predicted molar refractivity (Wildman–Crippen MR) is 73.8 cm³/mol. The van der Waals surface area contributed by atoms with Gasteiger partial charge in [0.05, 0.1) is 4.47 Å². The molecular formula is C12H9Br2FS. The highest BCUT2D eigenvalue weighted by Gasteiger charge is 2.11. The van der Waals surface area contributed by atoms with Crippen molar-refractivity contribution in [1.29, 1.82) is 0 Å². The molecule has 84 valence electrons. The van der Waals surface area contributed by atoms with Crippen molar-refractivity contribution < 1.29 is 4.39 Å². The van der Waals surface area contributed by atoms with E-state index in [0.717, 1.165) is 12.0 Å². The van der Waals surface area contributed by atoms with E-state index in [1.165, 1.54) is 4.88 Å². The normalized spacial score (nSPS) is 12.7. The molecule has 4 heteroatoms. The summed E-state index contributed by atoms with van der Waals surface area (Å²) in [5.74, 6) is -0.215. The molecule has 0 aliphatic heterocycles. The average Bonchev–Trinajstić information content (AvgIpc) is 2.74. The van der Waals surface area contributed by atoms with Crippen LogP contribution in [0.2, 0.25) is 0 Å². The quantitative estimate of drug-likeness (QED) is 0.646. The van der Waals surface area contributed by atoms with E-state index in [1.807, 2.05) is 12.1 Å². The van der Waals surface area contributed by atoms with Crippen LogP contribution < -0.4 is 0 Å². The van der Waals surface area contributed by atoms with Gasteiger partial charge in [-0.15, -0.1) is 11.3 Å². The van der Waals surface area contributed by atoms with Crippen molar-refractivity contribution in [3.63, 3.8) is 0 Å². The van der Waals surface area contributed by atoms with Crippen LogP contribution in [0.1, 0.15) is 15.3 Å². The standard InChI is InChI=1S/C12H9Br2FS/c13-10-4-3-8(6-12(10)15)11(14)7-9-2-1-5-16-9/h1-6,11H,7H2. The van der Waals surface area contributed by atoms with Gasteiger partial charge in [0.15, 0.2) is 0 Å². The van der Waals surface area contributed by atoms with Gasteiger partial charge in [-0.2, -0.15) is 0 Å². The fraction of sp³-hybridized carbons (Fsp3) is 0.167. The summed E-state index contributed by atoms with van der Waals surface area (Å²) in [7, 11) is 0. The fourth-order valence-electron chi connectivity index (χ4n) is 1.43. The lowest BCUT2D eigenvalue weighted by atomic mass is 10.1. The highest BCUT2D eigenvalue weighted by atomic mass is 79.9. The van der Waals surface area contributed by atoms with E-state index in [4.69, 9.17) is 0 Å². The maximum absolute atomic E-state index is 13.4. The molecule has 1 heterocycles. The molecule has 16 heavy (non-hydrogen) atoms. The van der Waals surface area contributed by atoms with Crippen molar-refractivity contribution in [3.05, 3.63) is 56.4 Å². The first-order valence-corrected chi connectivity index (χ1v) is 7.37. The number of rotatable bonds is 3. The van der Waals surface area contributed by atoms with Crippen molar-refractivity contribution in [3.8, 4) is 0 Å². The minimum atomic E-state index is -0.215. The number of hydrogen-bond donors (Lipinski definition) is 0. The van der Waals surface area contributed by atoms with E-state index >= 15 is 0 Å². The lowest BCUT2D eigenvalue weighted by Gasteiger charge is -2.09. The van der Waals surface area contributed by atoms with Gasteiger partial charge in [0.25, 0.3) is 0 Å². The second kappa shape index (κ2) is 5.43. The summed E-state index contributed by atoms with van der Waals surface area (Å²) in [5, 5.41) is 2.05. The third kappa shape index (κ3) is 2.93. The SMILES string of the molecule is Fc1cc(C(Br)Cc2cccs2)ccc1Br. The Morgan fingerprint density at radius 3 is 2.75 bits per heavy atom. The zero-order valence-electron chi connectivity index (χ0n) is 8.29. The molecule has 2 aromatic rings. The zero-order valence-corrected chi connectivity index (χ0v) is 12.3. The van der Waals surface area contributed by atoms with Gasteiger partial charge in [-0.1, -0.05) is 28.1 Å². The summed E-state index contributed by atoms with van der Waals surface area (Å²) < 4.78 is 13.9. The Morgan fingerprint density at radius 1 is 1.31 bits per heavy atom. The first kappa shape index (κ1) is 12.3. The summed E-state index contributed by atoms with van der Waals surface area (Å²) in [6, 6.07) is 9.36. The molecular weight excluding hydrogens is 355 g/mol. The van der Waals surface area contributed by atoms with Crippen LogP contribution in [-0.4, -0.2) is 0 Å². The van der Waals surface area contributed by atoms with Gasteiger partial charge >= 0.3 is 0 Å². The lowest BCUT2D eigenvalue weighted by molar-refractivity contribution is 0.618. The van der Waals surface area contributed by atoms with Gasteiger partial charge in [-0.05, 0) is 51.5 Å². The van der Waals surface area contributed by atoms with Crippen LogP contribution in [0.25, 0.3) is 0 Å². The Kier molecular flexibility index (Phi) is 4.16. The summed E-state index contributed by atoms with van der Waals surface area (Å²) >= 11 is 8.46. The molecule has 2 rings (SSSR count). The number of benzene rings is 1. The van der Waals surface area contributed by atoms with Crippen LogP contribution in [0.5, 0.6) is 0 Å². The minimum Gasteiger partial charge on any atom is -0.206 e.